The van der Waals surface area contributed by atoms with Crippen LogP contribution in [0.5, 0.6) is 0 Å². The summed E-state index contributed by atoms with van der Waals surface area (Å²) in [6, 6.07) is 1.10. The van der Waals surface area contributed by atoms with Crippen molar-refractivity contribution in [1.82, 2.24) is 14.7 Å². The van der Waals surface area contributed by atoms with Crippen LogP contribution in [0.4, 0.5) is 0 Å². The first-order chi connectivity index (χ1) is 7.80. The predicted octanol–water partition coefficient (Wildman–Crippen LogP) is 1.39. The van der Waals surface area contributed by atoms with Gasteiger partial charge in [0.05, 0.1) is 12.2 Å². The van der Waals surface area contributed by atoms with E-state index in [-0.39, 0.29) is 0 Å². The fourth-order valence-electron chi connectivity index (χ4n) is 2.33. The summed E-state index contributed by atoms with van der Waals surface area (Å²) in [7, 11) is 0. The van der Waals surface area contributed by atoms with Gasteiger partial charge in [-0.15, -0.1) is 0 Å². The maximum Gasteiger partial charge on any atom is 0.0538 e. The predicted molar refractivity (Wildman–Crippen MR) is 65.1 cm³/mol. The van der Waals surface area contributed by atoms with Crippen molar-refractivity contribution in [3.8, 4) is 0 Å². The lowest BCUT2D eigenvalue weighted by Gasteiger charge is -2.29. The molecule has 1 fully saturated rings. The molecule has 0 amide bonds. The van der Waals surface area contributed by atoms with Crippen LogP contribution in [0.15, 0.2) is 12.4 Å². The molecule has 0 bridgehead atoms. The second kappa shape index (κ2) is 4.97. The number of likely N-dealkylation sites (N-methyl/N-ethyl adjacent to an activating group) is 1. The van der Waals surface area contributed by atoms with Gasteiger partial charge in [0.2, 0.25) is 0 Å². The van der Waals surface area contributed by atoms with E-state index in [0.29, 0.717) is 12.6 Å². The molecule has 1 atom stereocenters. The van der Waals surface area contributed by atoms with E-state index in [0.717, 1.165) is 19.1 Å². The van der Waals surface area contributed by atoms with Crippen molar-refractivity contribution >= 4 is 0 Å². The molecule has 1 heterocycles. The molecule has 0 aromatic carbocycles. The molecule has 4 nitrogen and oxygen atoms in total. The highest BCUT2D eigenvalue weighted by Crippen LogP contribution is 2.33. The van der Waals surface area contributed by atoms with E-state index in [4.69, 9.17) is 5.73 Å². The van der Waals surface area contributed by atoms with E-state index in [1.54, 1.807) is 0 Å². The fraction of sp³-hybridized carbons (Fsp3) is 0.750. The minimum Gasteiger partial charge on any atom is -0.329 e. The topological polar surface area (TPSA) is 47.1 Å². The Hall–Kier alpha value is -0.870. The van der Waals surface area contributed by atoms with E-state index >= 15 is 0 Å². The van der Waals surface area contributed by atoms with E-state index in [2.05, 4.69) is 30.0 Å². The van der Waals surface area contributed by atoms with Gasteiger partial charge in [-0.25, -0.2) is 0 Å². The summed E-state index contributed by atoms with van der Waals surface area (Å²) >= 11 is 0. The largest absolute Gasteiger partial charge is 0.329 e. The van der Waals surface area contributed by atoms with E-state index in [9.17, 15) is 0 Å². The molecule has 0 aliphatic heterocycles. The molecule has 1 saturated carbocycles. The average molecular weight is 222 g/mol. The number of nitrogens with zero attached hydrogens (tertiary/aromatic N) is 3. The van der Waals surface area contributed by atoms with Gasteiger partial charge in [0.15, 0.2) is 0 Å². The Kier molecular flexibility index (Phi) is 3.61. The van der Waals surface area contributed by atoms with Gasteiger partial charge in [0.25, 0.3) is 0 Å². The van der Waals surface area contributed by atoms with Gasteiger partial charge in [-0.1, -0.05) is 6.92 Å². The lowest BCUT2D eigenvalue weighted by molar-refractivity contribution is 0.202. The van der Waals surface area contributed by atoms with Crippen LogP contribution < -0.4 is 5.73 Å². The summed E-state index contributed by atoms with van der Waals surface area (Å²) in [5.74, 6) is 0. The van der Waals surface area contributed by atoms with Crippen molar-refractivity contribution in [2.45, 2.75) is 45.3 Å². The van der Waals surface area contributed by atoms with E-state index < -0.39 is 0 Å². The monoisotopic (exact) mass is 222 g/mol. The smallest absolute Gasteiger partial charge is 0.0538 e. The standard InChI is InChI=1S/C12H22N4/c1-3-15-9-10(8-14-15)12(7-13)16(4-2)11-5-6-11/h8-9,11-12H,3-7,13H2,1-2H3. The summed E-state index contributed by atoms with van der Waals surface area (Å²) in [4.78, 5) is 2.51. The maximum absolute atomic E-state index is 5.92. The van der Waals surface area contributed by atoms with Gasteiger partial charge < -0.3 is 5.73 Å². The number of hydrogen-bond acceptors (Lipinski definition) is 3. The van der Waals surface area contributed by atoms with Crippen LogP contribution in [0.3, 0.4) is 0 Å². The minimum atomic E-state index is 0.345. The summed E-state index contributed by atoms with van der Waals surface area (Å²) in [6.07, 6.45) is 6.74. The van der Waals surface area contributed by atoms with E-state index in [1.165, 1.54) is 18.4 Å². The molecule has 0 spiro atoms. The first kappa shape index (κ1) is 11.6. The number of hydrogen-bond donors (Lipinski definition) is 1. The number of aromatic nitrogens is 2. The van der Waals surface area contributed by atoms with Crippen LogP contribution in [0, 0.1) is 0 Å². The third kappa shape index (κ3) is 2.28. The van der Waals surface area contributed by atoms with Gasteiger partial charge in [-0.05, 0) is 26.3 Å². The second-order valence-corrected chi connectivity index (χ2v) is 4.44. The van der Waals surface area contributed by atoms with Crippen LogP contribution >= 0.6 is 0 Å². The summed E-state index contributed by atoms with van der Waals surface area (Å²) in [5, 5.41) is 4.33. The van der Waals surface area contributed by atoms with Crippen molar-refractivity contribution in [1.29, 1.82) is 0 Å². The van der Waals surface area contributed by atoms with Gasteiger partial charge in [0.1, 0.15) is 0 Å². The third-order valence-corrected chi connectivity index (χ3v) is 3.37. The normalized spacial score (nSPS) is 18.0. The van der Waals surface area contributed by atoms with Gasteiger partial charge >= 0.3 is 0 Å². The molecular formula is C12H22N4. The zero-order chi connectivity index (χ0) is 11.5. The van der Waals surface area contributed by atoms with Crippen LogP contribution in [-0.4, -0.2) is 33.8 Å². The molecule has 2 N–H and O–H groups in total. The Morgan fingerprint density at radius 2 is 2.31 bits per heavy atom. The summed E-state index contributed by atoms with van der Waals surface area (Å²) < 4.78 is 1.97. The quantitative estimate of drug-likeness (QED) is 0.791. The molecule has 16 heavy (non-hydrogen) atoms. The summed E-state index contributed by atoms with van der Waals surface area (Å²) in [5.41, 5.74) is 7.18. The molecule has 1 aromatic heterocycles. The molecule has 2 rings (SSSR count). The lowest BCUT2D eigenvalue weighted by Crippen LogP contribution is -2.35. The van der Waals surface area contributed by atoms with E-state index in [1.807, 2.05) is 10.9 Å². The Balaban J connectivity index is 2.13. The first-order valence-electron chi connectivity index (χ1n) is 6.28. The number of aryl methyl sites for hydroxylation is 1. The van der Waals surface area contributed by atoms with Crippen LogP contribution in [-0.2, 0) is 6.54 Å². The number of nitrogens with two attached hydrogens (primary N) is 1. The van der Waals surface area contributed by atoms with Crippen LogP contribution in [0.25, 0.3) is 0 Å². The Bertz CT molecular complexity index is 330. The third-order valence-electron chi connectivity index (χ3n) is 3.37. The van der Waals surface area contributed by atoms with Gasteiger partial charge in [-0.2, -0.15) is 5.10 Å². The molecule has 1 unspecified atom stereocenters. The zero-order valence-corrected chi connectivity index (χ0v) is 10.3. The molecule has 90 valence electrons. The van der Waals surface area contributed by atoms with Crippen molar-refractivity contribution in [2.24, 2.45) is 5.73 Å². The fourth-order valence-corrected chi connectivity index (χ4v) is 2.33. The first-order valence-corrected chi connectivity index (χ1v) is 6.28. The lowest BCUT2D eigenvalue weighted by atomic mass is 10.1. The SMILES string of the molecule is CCN(C1CC1)C(CN)c1cnn(CC)c1. The van der Waals surface area contributed by atoms with Crippen LogP contribution in [0.1, 0.15) is 38.3 Å². The molecule has 1 aliphatic rings. The molecule has 0 radical (unpaired) electrons. The highest BCUT2D eigenvalue weighted by molar-refractivity contribution is 5.12. The van der Waals surface area contributed by atoms with Gasteiger partial charge in [-0.3, -0.25) is 9.58 Å². The molecule has 4 heteroatoms. The Morgan fingerprint density at radius 1 is 1.56 bits per heavy atom. The average Bonchev–Trinajstić information content (AvgIpc) is 3.03. The molecule has 1 aromatic rings. The number of rotatable bonds is 6. The highest BCUT2D eigenvalue weighted by atomic mass is 15.3. The Morgan fingerprint density at radius 3 is 2.75 bits per heavy atom. The van der Waals surface area contributed by atoms with Gasteiger partial charge in [0, 0.05) is 30.9 Å². The van der Waals surface area contributed by atoms with Crippen molar-refractivity contribution < 1.29 is 0 Å². The molecule has 0 saturated heterocycles. The zero-order valence-electron chi connectivity index (χ0n) is 10.3. The maximum atomic E-state index is 5.92. The minimum absolute atomic E-state index is 0.345. The molecule has 1 aliphatic carbocycles. The van der Waals surface area contributed by atoms with Crippen LogP contribution in [0.2, 0.25) is 0 Å². The van der Waals surface area contributed by atoms with Crippen molar-refractivity contribution in [3.63, 3.8) is 0 Å². The molecular weight excluding hydrogens is 200 g/mol. The summed E-state index contributed by atoms with van der Waals surface area (Å²) in [6.45, 7) is 6.99. The highest BCUT2D eigenvalue weighted by Gasteiger charge is 2.33. The van der Waals surface area contributed by atoms with Crippen molar-refractivity contribution in [2.75, 3.05) is 13.1 Å². The van der Waals surface area contributed by atoms with Crippen molar-refractivity contribution in [3.05, 3.63) is 18.0 Å². The Labute approximate surface area is 97.4 Å². The second-order valence-electron chi connectivity index (χ2n) is 4.44.